The van der Waals surface area contributed by atoms with Crippen LogP contribution in [0.2, 0.25) is 0 Å². The van der Waals surface area contributed by atoms with Crippen molar-refractivity contribution in [2.24, 2.45) is 4.99 Å². The molecule has 2 aromatic carbocycles. The summed E-state index contributed by atoms with van der Waals surface area (Å²) in [5.74, 6) is 1.83. The van der Waals surface area contributed by atoms with Gasteiger partial charge in [-0.25, -0.2) is 4.99 Å². The first kappa shape index (κ1) is 28.7. The third kappa shape index (κ3) is 7.84. The van der Waals surface area contributed by atoms with E-state index in [0.717, 1.165) is 74.0 Å². The molecule has 0 bridgehead atoms. The molecule has 1 fully saturated rings. The molecule has 0 aromatic heterocycles. The molecule has 0 saturated carbocycles. The Hall–Kier alpha value is -4.34. The van der Waals surface area contributed by atoms with E-state index >= 15 is 0 Å². The van der Waals surface area contributed by atoms with Crippen LogP contribution in [0.25, 0.3) is 11.4 Å². The quantitative estimate of drug-likeness (QED) is 0.219. The molecular weight excluding hydrogens is 504 g/mol. The molecule has 0 atom stereocenters. The Bertz CT molecular complexity index is 1310. The van der Waals surface area contributed by atoms with E-state index in [1.165, 1.54) is 0 Å². The zero-order valence-electron chi connectivity index (χ0n) is 23.3. The first-order chi connectivity index (χ1) is 19.5. The van der Waals surface area contributed by atoms with Crippen molar-refractivity contribution in [2.75, 3.05) is 58.9 Å². The predicted molar refractivity (Wildman–Crippen MR) is 163 cm³/mol. The van der Waals surface area contributed by atoms with Crippen molar-refractivity contribution >= 4 is 29.0 Å². The highest BCUT2D eigenvalue weighted by atomic mass is 16.5. The predicted octanol–water partition coefficient (Wildman–Crippen LogP) is 4.49. The number of nitrogens with one attached hydrogen (secondary N) is 4. The van der Waals surface area contributed by atoms with Crippen molar-refractivity contribution in [3.8, 4) is 11.5 Å². The molecule has 0 unspecified atom stereocenters. The number of nitrogens with zero attached hydrogens (tertiary/aromatic N) is 2. The summed E-state index contributed by atoms with van der Waals surface area (Å²) in [5, 5.41) is 18.4. The lowest BCUT2D eigenvalue weighted by Gasteiger charge is -2.26. The van der Waals surface area contributed by atoms with Gasteiger partial charge in [-0.15, -0.1) is 0 Å². The van der Waals surface area contributed by atoms with Crippen LogP contribution in [0.1, 0.15) is 17.5 Å². The lowest BCUT2D eigenvalue weighted by Crippen LogP contribution is -2.37. The zero-order chi connectivity index (χ0) is 28.3. The number of benzene rings is 2. The fourth-order valence-corrected chi connectivity index (χ4v) is 4.34. The Morgan fingerprint density at radius 2 is 1.85 bits per heavy atom. The van der Waals surface area contributed by atoms with Crippen LogP contribution in [0.3, 0.4) is 0 Å². The van der Waals surface area contributed by atoms with E-state index in [9.17, 15) is 0 Å². The van der Waals surface area contributed by atoms with Gasteiger partial charge < -0.3 is 30.2 Å². The third-order valence-corrected chi connectivity index (χ3v) is 6.64. The normalized spacial score (nSPS) is 16.1. The van der Waals surface area contributed by atoms with Gasteiger partial charge in [0.1, 0.15) is 5.82 Å². The van der Waals surface area contributed by atoms with Gasteiger partial charge in [-0.1, -0.05) is 25.3 Å². The van der Waals surface area contributed by atoms with Crippen molar-refractivity contribution in [1.29, 1.82) is 5.41 Å². The molecule has 9 heteroatoms. The van der Waals surface area contributed by atoms with Gasteiger partial charge in [0, 0.05) is 54.6 Å². The van der Waals surface area contributed by atoms with Crippen LogP contribution in [0.4, 0.5) is 5.69 Å². The molecule has 0 amide bonds. The maximum atomic E-state index is 8.50. The lowest BCUT2D eigenvalue weighted by atomic mass is 10.1. The Labute approximate surface area is 236 Å². The van der Waals surface area contributed by atoms with Gasteiger partial charge in [-0.3, -0.25) is 10.3 Å². The van der Waals surface area contributed by atoms with E-state index in [1.54, 1.807) is 26.5 Å². The molecule has 4 rings (SSSR count). The number of hydrogen-bond donors (Lipinski definition) is 4. The molecule has 0 spiro atoms. The second-order valence-electron chi connectivity index (χ2n) is 9.39. The van der Waals surface area contributed by atoms with Gasteiger partial charge in [-0.2, -0.15) is 0 Å². The molecule has 1 saturated heterocycles. The summed E-state index contributed by atoms with van der Waals surface area (Å²) < 4.78 is 16.1. The highest BCUT2D eigenvalue weighted by Gasteiger charge is 2.13. The highest BCUT2D eigenvalue weighted by Crippen LogP contribution is 2.30. The molecule has 210 valence electrons. The summed E-state index contributed by atoms with van der Waals surface area (Å²) in [5.41, 5.74) is 5.16. The average Bonchev–Trinajstić information content (AvgIpc) is 2.99. The fraction of sp³-hybridized carbons (Fsp3) is 0.290. The molecule has 4 N–H and O–H groups in total. The van der Waals surface area contributed by atoms with Crippen molar-refractivity contribution < 1.29 is 14.2 Å². The summed E-state index contributed by atoms with van der Waals surface area (Å²) in [4.78, 5) is 6.79. The van der Waals surface area contributed by atoms with E-state index in [0.29, 0.717) is 23.0 Å². The number of ether oxygens (including phenoxy) is 3. The smallest absolute Gasteiger partial charge is 0.161 e. The topological polar surface area (TPSA) is 103 Å². The minimum Gasteiger partial charge on any atom is -0.493 e. The number of hydrogen-bond acceptors (Lipinski definition) is 9. The highest BCUT2D eigenvalue weighted by molar-refractivity contribution is 6.08. The van der Waals surface area contributed by atoms with Gasteiger partial charge >= 0.3 is 0 Å². The van der Waals surface area contributed by atoms with Crippen LogP contribution in [0.5, 0.6) is 11.5 Å². The first-order valence-corrected chi connectivity index (χ1v) is 13.3. The van der Waals surface area contributed by atoms with Gasteiger partial charge in [0.05, 0.1) is 38.8 Å². The zero-order valence-corrected chi connectivity index (χ0v) is 23.3. The van der Waals surface area contributed by atoms with Crippen LogP contribution in [0.15, 0.2) is 84.3 Å². The largest absolute Gasteiger partial charge is 0.493 e. The summed E-state index contributed by atoms with van der Waals surface area (Å²) in [6.07, 6.45) is 6.25. The SMILES string of the molecule is C=C(Nc1ccc(C(=C)NCCCN2CCOCC2)cc1)C(=N)/C=C1/N=CC=C(c2ccc(OC)c(OC)c2)N1. The molecule has 2 aromatic rings. The summed E-state index contributed by atoms with van der Waals surface area (Å²) in [6.45, 7) is 13.8. The van der Waals surface area contributed by atoms with Crippen molar-refractivity contribution in [3.05, 3.63) is 90.4 Å². The second kappa shape index (κ2) is 14.2. The minimum absolute atomic E-state index is 0.212. The van der Waals surface area contributed by atoms with E-state index in [1.807, 2.05) is 48.5 Å². The monoisotopic (exact) mass is 542 g/mol. The first-order valence-electron chi connectivity index (χ1n) is 13.3. The number of anilines is 1. The van der Waals surface area contributed by atoms with E-state index in [-0.39, 0.29) is 5.71 Å². The van der Waals surface area contributed by atoms with Gasteiger partial charge in [-0.05, 0) is 54.9 Å². The lowest BCUT2D eigenvalue weighted by molar-refractivity contribution is 0.0376. The number of aliphatic imine (C=N–C) groups is 1. The minimum atomic E-state index is 0.212. The summed E-state index contributed by atoms with van der Waals surface area (Å²) >= 11 is 0. The third-order valence-electron chi connectivity index (χ3n) is 6.64. The van der Waals surface area contributed by atoms with Crippen LogP contribution >= 0.6 is 0 Å². The number of methoxy groups -OCH3 is 2. The Balaban J connectivity index is 1.26. The molecule has 40 heavy (non-hydrogen) atoms. The Morgan fingerprint density at radius 1 is 1.10 bits per heavy atom. The molecular formula is C31H38N6O3. The molecule has 2 heterocycles. The van der Waals surface area contributed by atoms with E-state index in [2.05, 4.69) is 39.0 Å². The Kier molecular flexibility index (Phi) is 10.1. The molecule has 0 radical (unpaired) electrons. The molecule has 2 aliphatic rings. The van der Waals surface area contributed by atoms with Crippen LogP contribution in [0, 0.1) is 5.41 Å². The van der Waals surface area contributed by atoms with Crippen LogP contribution in [-0.4, -0.2) is 70.4 Å². The van der Waals surface area contributed by atoms with Gasteiger partial charge in [0.15, 0.2) is 11.5 Å². The molecule has 9 nitrogen and oxygen atoms in total. The number of rotatable bonds is 13. The van der Waals surface area contributed by atoms with E-state index in [4.69, 9.17) is 19.6 Å². The standard InChI is InChI=1S/C31H38N6O3/c1-22(33-13-5-15-37-16-18-40-19-17-37)24-6-9-26(10-7-24)35-23(2)27(32)21-31-34-14-12-28(36-31)25-8-11-29(38-3)30(20-25)39-4/h6-12,14,20-21,32-33,35-36H,1-2,5,13,15-19H2,3-4H3/b31-21-,32-27?. The van der Waals surface area contributed by atoms with Gasteiger partial charge in [0.2, 0.25) is 0 Å². The Morgan fingerprint density at radius 3 is 2.58 bits per heavy atom. The van der Waals surface area contributed by atoms with Crippen LogP contribution in [-0.2, 0) is 4.74 Å². The fourth-order valence-electron chi connectivity index (χ4n) is 4.34. The number of morpholine rings is 1. The number of allylic oxidation sites excluding steroid dienone is 2. The van der Waals surface area contributed by atoms with Crippen LogP contribution < -0.4 is 25.4 Å². The van der Waals surface area contributed by atoms with Crippen molar-refractivity contribution in [2.45, 2.75) is 6.42 Å². The second-order valence-corrected chi connectivity index (χ2v) is 9.39. The average molecular weight is 543 g/mol. The maximum Gasteiger partial charge on any atom is 0.161 e. The van der Waals surface area contributed by atoms with Crippen molar-refractivity contribution in [1.82, 2.24) is 15.5 Å². The molecule has 2 aliphatic heterocycles. The summed E-state index contributed by atoms with van der Waals surface area (Å²) in [7, 11) is 3.21. The van der Waals surface area contributed by atoms with E-state index < -0.39 is 0 Å². The molecule has 0 aliphatic carbocycles. The maximum absolute atomic E-state index is 8.50. The van der Waals surface area contributed by atoms with Crippen molar-refractivity contribution in [3.63, 3.8) is 0 Å². The summed E-state index contributed by atoms with van der Waals surface area (Å²) in [6, 6.07) is 13.6. The van der Waals surface area contributed by atoms with Gasteiger partial charge in [0.25, 0.3) is 0 Å².